The number of hydrogen-bond acceptors (Lipinski definition) is 2. The molecule has 1 unspecified atom stereocenters. The molecule has 0 bridgehead atoms. The monoisotopic (exact) mass is 276 g/mol. The van der Waals surface area contributed by atoms with Gasteiger partial charge in [-0.15, -0.1) is 0 Å². The van der Waals surface area contributed by atoms with Crippen molar-refractivity contribution < 1.29 is 9.84 Å². The highest BCUT2D eigenvalue weighted by Gasteiger charge is 2.21. The van der Waals surface area contributed by atoms with Crippen LogP contribution in [0.2, 0.25) is 10.0 Å². The Labute approximate surface area is 113 Å². The standard InChI is InChI=1S/C13H18Cl2O2/c1-13(2,3)7-11(16)8-5-10(15)12(17-4)6-9(8)14/h5-6,11,16H,7H2,1-4H3. The molecule has 0 saturated carbocycles. The average Bonchev–Trinajstić information content (AvgIpc) is 2.18. The van der Waals surface area contributed by atoms with Crippen molar-refractivity contribution in [2.75, 3.05) is 7.11 Å². The van der Waals surface area contributed by atoms with Crippen molar-refractivity contribution in [3.8, 4) is 5.75 Å². The maximum absolute atomic E-state index is 10.1. The van der Waals surface area contributed by atoms with Crippen molar-refractivity contribution in [1.29, 1.82) is 0 Å². The molecule has 1 atom stereocenters. The van der Waals surface area contributed by atoms with E-state index in [2.05, 4.69) is 20.8 Å². The predicted octanol–water partition coefficient (Wildman–Crippen LogP) is 4.47. The van der Waals surface area contributed by atoms with Gasteiger partial charge < -0.3 is 9.84 Å². The van der Waals surface area contributed by atoms with Gasteiger partial charge in [-0.2, -0.15) is 0 Å². The van der Waals surface area contributed by atoms with Crippen LogP contribution in [0.25, 0.3) is 0 Å². The molecule has 17 heavy (non-hydrogen) atoms. The van der Waals surface area contributed by atoms with Crippen molar-refractivity contribution in [2.45, 2.75) is 33.3 Å². The highest BCUT2D eigenvalue weighted by atomic mass is 35.5. The molecule has 0 aromatic heterocycles. The maximum atomic E-state index is 10.1. The molecule has 4 heteroatoms. The van der Waals surface area contributed by atoms with Crippen LogP contribution in [-0.2, 0) is 0 Å². The minimum absolute atomic E-state index is 0.0230. The molecule has 2 nitrogen and oxygen atoms in total. The summed E-state index contributed by atoms with van der Waals surface area (Å²) < 4.78 is 5.06. The van der Waals surface area contributed by atoms with E-state index in [-0.39, 0.29) is 5.41 Å². The molecule has 0 fully saturated rings. The van der Waals surface area contributed by atoms with Gasteiger partial charge in [0.25, 0.3) is 0 Å². The fraction of sp³-hybridized carbons (Fsp3) is 0.538. The summed E-state index contributed by atoms with van der Waals surface area (Å²) in [5, 5.41) is 11.1. The summed E-state index contributed by atoms with van der Waals surface area (Å²) in [6, 6.07) is 3.30. The van der Waals surface area contributed by atoms with E-state index in [1.54, 1.807) is 12.1 Å². The molecule has 96 valence electrons. The third kappa shape index (κ3) is 4.06. The lowest BCUT2D eigenvalue weighted by atomic mass is 9.87. The van der Waals surface area contributed by atoms with E-state index >= 15 is 0 Å². The van der Waals surface area contributed by atoms with E-state index in [1.165, 1.54) is 7.11 Å². The van der Waals surface area contributed by atoms with Crippen LogP contribution in [0.5, 0.6) is 5.75 Å². The van der Waals surface area contributed by atoms with Gasteiger partial charge in [0, 0.05) is 11.6 Å². The lowest BCUT2D eigenvalue weighted by molar-refractivity contribution is 0.122. The van der Waals surface area contributed by atoms with Gasteiger partial charge >= 0.3 is 0 Å². The van der Waals surface area contributed by atoms with Crippen molar-refractivity contribution in [2.24, 2.45) is 5.41 Å². The second kappa shape index (κ2) is 5.47. The maximum Gasteiger partial charge on any atom is 0.138 e. The summed E-state index contributed by atoms with van der Waals surface area (Å²) >= 11 is 12.1. The molecule has 0 spiro atoms. The van der Waals surface area contributed by atoms with Crippen LogP contribution in [0.1, 0.15) is 38.9 Å². The van der Waals surface area contributed by atoms with Gasteiger partial charge in [-0.25, -0.2) is 0 Å². The van der Waals surface area contributed by atoms with Gasteiger partial charge in [-0.05, 0) is 17.9 Å². The fourth-order valence-electron chi connectivity index (χ4n) is 1.65. The first-order chi connectivity index (χ1) is 7.74. The Morgan fingerprint density at radius 2 is 1.82 bits per heavy atom. The molecule has 1 rings (SSSR count). The zero-order valence-electron chi connectivity index (χ0n) is 10.6. The van der Waals surface area contributed by atoms with E-state index in [0.29, 0.717) is 27.8 Å². The number of aliphatic hydroxyl groups excluding tert-OH is 1. The van der Waals surface area contributed by atoms with Crippen LogP contribution in [0, 0.1) is 5.41 Å². The van der Waals surface area contributed by atoms with Gasteiger partial charge in [0.05, 0.1) is 23.3 Å². The van der Waals surface area contributed by atoms with Gasteiger partial charge in [0.1, 0.15) is 5.75 Å². The third-order valence-electron chi connectivity index (χ3n) is 2.44. The SMILES string of the molecule is COc1cc(Cl)c(C(O)CC(C)(C)C)cc1Cl. The molecule has 0 saturated heterocycles. The molecule has 0 amide bonds. The molecule has 1 aromatic carbocycles. The smallest absolute Gasteiger partial charge is 0.138 e. The lowest BCUT2D eigenvalue weighted by Gasteiger charge is -2.23. The van der Waals surface area contributed by atoms with Crippen molar-refractivity contribution >= 4 is 23.2 Å². The summed E-state index contributed by atoms with van der Waals surface area (Å²) in [7, 11) is 1.53. The van der Waals surface area contributed by atoms with Crippen molar-refractivity contribution in [1.82, 2.24) is 0 Å². The van der Waals surface area contributed by atoms with E-state index in [9.17, 15) is 5.11 Å². The van der Waals surface area contributed by atoms with Gasteiger partial charge in [0.15, 0.2) is 0 Å². The first-order valence-electron chi connectivity index (χ1n) is 5.45. The average molecular weight is 277 g/mol. The van der Waals surface area contributed by atoms with Crippen molar-refractivity contribution in [3.05, 3.63) is 27.7 Å². The zero-order valence-corrected chi connectivity index (χ0v) is 12.1. The van der Waals surface area contributed by atoms with E-state index in [1.807, 2.05) is 0 Å². The molecule has 1 aromatic rings. The molecule has 0 radical (unpaired) electrons. The van der Waals surface area contributed by atoms with Gasteiger partial charge in [-0.3, -0.25) is 0 Å². The first-order valence-corrected chi connectivity index (χ1v) is 6.21. The van der Waals surface area contributed by atoms with Gasteiger partial charge in [0.2, 0.25) is 0 Å². The first kappa shape index (κ1) is 14.6. The molecular weight excluding hydrogens is 259 g/mol. The van der Waals surface area contributed by atoms with Crippen LogP contribution in [0.4, 0.5) is 0 Å². The molecule has 0 aliphatic heterocycles. The minimum Gasteiger partial charge on any atom is -0.495 e. The molecule has 0 aliphatic carbocycles. The number of rotatable bonds is 3. The lowest BCUT2D eigenvalue weighted by Crippen LogP contribution is -2.12. The summed E-state index contributed by atoms with van der Waals surface area (Å²) in [5.41, 5.74) is 0.669. The predicted molar refractivity (Wildman–Crippen MR) is 72.0 cm³/mol. The molecule has 0 aliphatic rings. The summed E-state index contributed by atoms with van der Waals surface area (Å²) in [6.07, 6.45) is 0.000883. The minimum atomic E-state index is -0.620. The second-order valence-corrected chi connectivity index (χ2v) is 6.10. The second-order valence-electron chi connectivity index (χ2n) is 5.29. The van der Waals surface area contributed by atoms with E-state index in [4.69, 9.17) is 27.9 Å². The number of halogens is 2. The highest BCUT2D eigenvalue weighted by molar-refractivity contribution is 6.34. The van der Waals surface area contributed by atoms with Crippen LogP contribution in [0.15, 0.2) is 12.1 Å². The number of ether oxygens (including phenoxy) is 1. The quantitative estimate of drug-likeness (QED) is 0.883. The molecule has 0 heterocycles. The Balaban J connectivity index is 3.02. The van der Waals surface area contributed by atoms with Crippen LogP contribution in [0.3, 0.4) is 0 Å². The van der Waals surface area contributed by atoms with Crippen LogP contribution < -0.4 is 4.74 Å². The number of benzene rings is 1. The van der Waals surface area contributed by atoms with Crippen LogP contribution >= 0.6 is 23.2 Å². The Bertz CT molecular complexity index is 397. The fourth-order valence-corrected chi connectivity index (χ4v) is 2.17. The Morgan fingerprint density at radius 3 is 2.29 bits per heavy atom. The number of methoxy groups -OCH3 is 1. The van der Waals surface area contributed by atoms with E-state index < -0.39 is 6.10 Å². The van der Waals surface area contributed by atoms with E-state index in [0.717, 1.165) is 0 Å². The van der Waals surface area contributed by atoms with Crippen molar-refractivity contribution in [3.63, 3.8) is 0 Å². The topological polar surface area (TPSA) is 29.5 Å². The Kier molecular flexibility index (Phi) is 4.70. The van der Waals surface area contributed by atoms with Crippen LogP contribution in [-0.4, -0.2) is 12.2 Å². The summed E-state index contributed by atoms with van der Waals surface area (Å²) in [6.45, 7) is 6.19. The summed E-state index contributed by atoms with van der Waals surface area (Å²) in [5.74, 6) is 0.517. The normalized spacial score (nSPS) is 13.6. The number of aliphatic hydroxyl groups is 1. The molecular formula is C13H18Cl2O2. The number of hydrogen-bond donors (Lipinski definition) is 1. The zero-order chi connectivity index (χ0) is 13.2. The largest absolute Gasteiger partial charge is 0.495 e. The summed E-state index contributed by atoms with van der Waals surface area (Å²) in [4.78, 5) is 0. The Hall–Kier alpha value is -0.440. The van der Waals surface area contributed by atoms with Gasteiger partial charge in [-0.1, -0.05) is 44.0 Å². The highest BCUT2D eigenvalue weighted by Crippen LogP contribution is 2.37. The molecule has 1 N–H and O–H groups in total. The third-order valence-corrected chi connectivity index (χ3v) is 3.06. The Morgan fingerprint density at radius 1 is 1.24 bits per heavy atom.